The van der Waals surface area contributed by atoms with Crippen molar-refractivity contribution in [3.63, 3.8) is 0 Å². The van der Waals surface area contributed by atoms with Gasteiger partial charge in [-0.3, -0.25) is 9.69 Å². The smallest absolute Gasteiger partial charge is 0.412 e. The Balaban J connectivity index is 2.81. The number of hydrogen-bond donors (Lipinski definition) is 2. The Hall–Kier alpha value is -1.56. The normalized spacial score (nSPS) is 29.2. The summed E-state index contributed by atoms with van der Waals surface area (Å²) in [6.07, 6.45) is 2.61. The number of nitrogens with two attached hydrogens (primary N) is 1. The van der Waals surface area contributed by atoms with Crippen LogP contribution in [0.1, 0.15) is 47.0 Å². The quantitative estimate of drug-likeness (QED) is 0.723. The predicted molar refractivity (Wildman–Crippen MR) is 74.7 cm³/mol. The van der Waals surface area contributed by atoms with Gasteiger partial charge in [-0.25, -0.2) is 4.79 Å². The average Bonchev–Trinajstić information content (AvgIpc) is 2.42. The number of rotatable bonds is 6. The fraction of sp³-hybridized carbons (Fsp3) is 0.714. The van der Waals surface area contributed by atoms with Gasteiger partial charge in [-0.15, -0.1) is 0 Å². The van der Waals surface area contributed by atoms with Crippen LogP contribution in [0, 0.1) is 0 Å². The summed E-state index contributed by atoms with van der Waals surface area (Å²) >= 11 is 0. The van der Waals surface area contributed by atoms with Crippen LogP contribution < -0.4 is 5.73 Å². The molecule has 20 heavy (non-hydrogen) atoms. The lowest BCUT2D eigenvalue weighted by Crippen LogP contribution is -2.55. The third-order valence-corrected chi connectivity index (χ3v) is 3.82. The van der Waals surface area contributed by atoms with Crippen molar-refractivity contribution < 1.29 is 19.4 Å². The summed E-state index contributed by atoms with van der Waals surface area (Å²) in [6.45, 7) is 7.26. The van der Waals surface area contributed by atoms with E-state index < -0.39 is 23.3 Å². The molecule has 114 valence electrons. The summed E-state index contributed by atoms with van der Waals surface area (Å²) in [4.78, 5) is 23.9. The van der Waals surface area contributed by atoms with E-state index in [-0.39, 0.29) is 13.0 Å². The number of ether oxygens (including phenoxy) is 1. The molecule has 1 aliphatic heterocycles. The highest BCUT2D eigenvalue weighted by atomic mass is 16.6. The molecule has 0 aromatic carbocycles. The number of carbonyl (C=O) groups excluding carboxylic acids is 2. The predicted octanol–water partition coefficient (Wildman–Crippen LogP) is 1.53. The molecule has 0 radical (unpaired) electrons. The maximum atomic E-state index is 11.9. The van der Waals surface area contributed by atoms with E-state index in [2.05, 4.69) is 0 Å². The molecule has 6 heteroatoms. The first-order chi connectivity index (χ1) is 9.10. The SMILES string of the molecule is CC(C)=CCC[C@@]1(C)OC(=O)N(CCC(N)=O)[C@@]1(C)O. The molecular formula is C14H24N2O4. The summed E-state index contributed by atoms with van der Waals surface area (Å²) in [5, 5.41) is 10.6. The molecule has 2 atom stereocenters. The molecule has 1 fully saturated rings. The molecule has 2 amide bonds. The van der Waals surface area contributed by atoms with Crippen LogP contribution in [0.3, 0.4) is 0 Å². The van der Waals surface area contributed by atoms with E-state index in [1.54, 1.807) is 6.92 Å². The molecule has 1 saturated heterocycles. The van der Waals surface area contributed by atoms with E-state index >= 15 is 0 Å². The molecule has 0 aliphatic carbocycles. The highest BCUT2D eigenvalue weighted by molar-refractivity contribution is 5.76. The number of cyclic esters (lactones) is 1. The van der Waals surface area contributed by atoms with Crippen molar-refractivity contribution in [3.05, 3.63) is 11.6 Å². The molecule has 0 aromatic heterocycles. The number of aliphatic hydroxyl groups is 1. The van der Waals surface area contributed by atoms with E-state index in [1.807, 2.05) is 19.9 Å². The summed E-state index contributed by atoms with van der Waals surface area (Å²) < 4.78 is 5.35. The largest absolute Gasteiger partial charge is 0.438 e. The summed E-state index contributed by atoms with van der Waals surface area (Å²) in [7, 11) is 0. The number of nitrogens with zero attached hydrogens (tertiary/aromatic N) is 1. The van der Waals surface area contributed by atoms with Crippen molar-refractivity contribution in [1.29, 1.82) is 0 Å². The number of amides is 2. The van der Waals surface area contributed by atoms with Crippen molar-refractivity contribution >= 4 is 12.0 Å². The molecule has 6 nitrogen and oxygen atoms in total. The number of allylic oxidation sites excluding steroid dienone is 2. The first-order valence-corrected chi connectivity index (χ1v) is 6.75. The molecule has 0 saturated carbocycles. The maximum Gasteiger partial charge on any atom is 0.412 e. The number of hydrogen-bond acceptors (Lipinski definition) is 4. The van der Waals surface area contributed by atoms with Crippen LogP contribution >= 0.6 is 0 Å². The van der Waals surface area contributed by atoms with Gasteiger partial charge in [-0.05, 0) is 40.5 Å². The van der Waals surface area contributed by atoms with E-state index in [0.717, 1.165) is 0 Å². The monoisotopic (exact) mass is 284 g/mol. The summed E-state index contributed by atoms with van der Waals surface area (Å²) in [6, 6.07) is 0. The first-order valence-electron chi connectivity index (χ1n) is 6.75. The molecule has 1 aliphatic rings. The Bertz CT molecular complexity index is 427. The van der Waals surface area contributed by atoms with Gasteiger partial charge < -0.3 is 15.6 Å². The van der Waals surface area contributed by atoms with Crippen molar-refractivity contribution in [2.75, 3.05) is 6.54 Å². The third-order valence-electron chi connectivity index (χ3n) is 3.82. The van der Waals surface area contributed by atoms with Gasteiger partial charge in [0.1, 0.15) is 0 Å². The second-order valence-electron chi connectivity index (χ2n) is 5.81. The van der Waals surface area contributed by atoms with Gasteiger partial charge >= 0.3 is 6.09 Å². The van der Waals surface area contributed by atoms with Crippen LogP contribution in [0.5, 0.6) is 0 Å². The zero-order chi connectivity index (χ0) is 15.6. The minimum absolute atomic E-state index is 0.00466. The van der Waals surface area contributed by atoms with Gasteiger partial charge in [0.2, 0.25) is 5.91 Å². The van der Waals surface area contributed by atoms with Crippen molar-refractivity contribution in [2.45, 2.75) is 58.3 Å². The molecule has 1 rings (SSSR count). The molecule has 0 unspecified atom stereocenters. The van der Waals surface area contributed by atoms with Gasteiger partial charge in [0.15, 0.2) is 11.3 Å². The van der Waals surface area contributed by atoms with Gasteiger partial charge in [0.25, 0.3) is 0 Å². The van der Waals surface area contributed by atoms with Crippen molar-refractivity contribution in [3.8, 4) is 0 Å². The number of carbonyl (C=O) groups is 2. The minimum atomic E-state index is -1.46. The highest BCUT2D eigenvalue weighted by Crippen LogP contribution is 2.40. The lowest BCUT2D eigenvalue weighted by atomic mass is 9.88. The highest BCUT2D eigenvalue weighted by Gasteiger charge is 2.58. The summed E-state index contributed by atoms with van der Waals surface area (Å²) in [5.41, 5.74) is 3.78. The van der Waals surface area contributed by atoms with Crippen LogP contribution in [0.25, 0.3) is 0 Å². The maximum absolute atomic E-state index is 11.9. The zero-order valence-electron chi connectivity index (χ0n) is 12.6. The topological polar surface area (TPSA) is 92.9 Å². The first kappa shape index (κ1) is 16.5. The second-order valence-corrected chi connectivity index (χ2v) is 5.81. The van der Waals surface area contributed by atoms with Crippen LogP contribution in [0.4, 0.5) is 4.79 Å². The van der Waals surface area contributed by atoms with Gasteiger partial charge in [-0.2, -0.15) is 0 Å². The van der Waals surface area contributed by atoms with E-state index in [0.29, 0.717) is 12.8 Å². The van der Waals surface area contributed by atoms with E-state index in [1.165, 1.54) is 17.4 Å². The Labute approximate surface area is 119 Å². The molecular weight excluding hydrogens is 260 g/mol. The summed E-state index contributed by atoms with van der Waals surface area (Å²) in [5.74, 6) is -0.522. The lowest BCUT2D eigenvalue weighted by molar-refractivity contribution is -0.140. The fourth-order valence-corrected chi connectivity index (χ4v) is 2.26. The Kier molecular flexibility index (Phi) is 4.81. The van der Waals surface area contributed by atoms with Crippen molar-refractivity contribution in [1.82, 2.24) is 4.90 Å². The van der Waals surface area contributed by atoms with E-state index in [4.69, 9.17) is 10.5 Å². The second kappa shape index (κ2) is 5.83. The third kappa shape index (κ3) is 3.30. The standard InChI is InChI=1S/C14H24N2O4/c1-10(2)6-5-8-13(3)14(4,19)16(12(18)20-13)9-7-11(15)17/h6,19H,5,7-9H2,1-4H3,(H2,15,17)/t13-,14+/m1/s1. The molecule has 0 aromatic rings. The molecule has 1 heterocycles. The lowest BCUT2D eigenvalue weighted by Gasteiger charge is -2.37. The molecule has 0 bridgehead atoms. The van der Waals surface area contributed by atoms with Crippen LogP contribution in [-0.2, 0) is 9.53 Å². The van der Waals surface area contributed by atoms with Crippen LogP contribution in [-0.4, -0.2) is 39.9 Å². The van der Waals surface area contributed by atoms with Gasteiger partial charge in [0.05, 0.1) is 0 Å². The van der Waals surface area contributed by atoms with E-state index in [9.17, 15) is 14.7 Å². The Morgan fingerprint density at radius 2 is 2.05 bits per heavy atom. The number of primary amides is 1. The minimum Gasteiger partial charge on any atom is -0.438 e. The Morgan fingerprint density at radius 1 is 1.45 bits per heavy atom. The zero-order valence-corrected chi connectivity index (χ0v) is 12.6. The molecule has 0 spiro atoms. The van der Waals surface area contributed by atoms with Crippen LogP contribution in [0.2, 0.25) is 0 Å². The average molecular weight is 284 g/mol. The van der Waals surface area contributed by atoms with Crippen LogP contribution in [0.15, 0.2) is 11.6 Å². The van der Waals surface area contributed by atoms with Gasteiger partial charge in [-0.1, -0.05) is 11.6 Å². The van der Waals surface area contributed by atoms with Gasteiger partial charge in [0, 0.05) is 13.0 Å². The fourth-order valence-electron chi connectivity index (χ4n) is 2.26. The Morgan fingerprint density at radius 3 is 2.55 bits per heavy atom. The molecule has 3 N–H and O–H groups in total. The van der Waals surface area contributed by atoms with Crippen molar-refractivity contribution in [2.24, 2.45) is 5.73 Å².